The molecular weight excluding hydrogens is 378 g/mol. The predicted molar refractivity (Wildman–Crippen MR) is 116 cm³/mol. The number of nitrogens with zero attached hydrogens (tertiary/aromatic N) is 2. The summed E-state index contributed by atoms with van der Waals surface area (Å²) in [5, 5.41) is 17.3. The first-order valence-electron chi connectivity index (χ1n) is 9.48. The molecule has 4 aromatic rings. The third kappa shape index (κ3) is 4.33. The molecule has 0 aliphatic carbocycles. The molecule has 2 N–H and O–H groups in total. The lowest BCUT2D eigenvalue weighted by Gasteiger charge is -2.05. The molecule has 0 spiro atoms. The second-order valence-electron chi connectivity index (χ2n) is 6.81. The van der Waals surface area contributed by atoms with E-state index in [1.165, 1.54) is 0 Å². The first-order valence-corrected chi connectivity index (χ1v) is 9.48. The van der Waals surface area contributed by atoms with E-state index in [-0.39, 0.29) is 17.4 Å². The van der Waals surface area contributed by atoms with Gasteiger partial charge in [0, 0.05) is 17.4 Å². The first kappa shape index (κ1) is 19.3. The van der Waals surface area contributed by atoms with Crippen molar-refractivity contribution < 1.29 is 14.6 Å². The summed E-state index contributed by atoms with van der Waals surface area (Å²) in [5.74, 6) is 0.598. The molecule has 1 heterocycles. The van der Waals surface area contributed by atoms with Gasteiger partial charge in [0.15, 0.2) is 5.69 Å². The SMILES string of the molecule is COc1ccc(Cn2cc(-c3cccc(O)c3)c(C(=O)Nc3ccccc3)n2)cc1. The normalized spacial score (nSPS) is 10.6. The van der Waals surface area contributed by atoms with E-state index in [1.54, 1.807) is 30.0 Å². The minimum atomic E-state index is -0.312. The van der Waals surface area contributed by atoms with Gasteiger partial charge in [-0.05, 0) is 47.5 Å². The number of aromatic nitrogens is 2. The third-order valence-corrected chi connectivity index (χ3v) is 4.67. The molecular formula is C24H21N3O3. The van der Waals surface area contributed by atoms with Crippen LogP contribution in [0.3, 0.4) is 0 Å². The highest BCUT2D eigenvalue weighted by molar-refractivity contribution is 6.07. The summed E-state index contributed by atoms with van der Waals surface area (Å²) in [6, 6.07) is 23.7. The van der Waals surface area contributed by atoms with Gasteiger partial charge in [-0.25, -0.2) is 0 Å². The number of para-hydroxylation sites is 1. The summed E-state index contributed by atoms with van der Waals surface area (Å²) in [5.41, 5.74) is 3.37. The van der Waals surface area contributed by atoms with Crippen LogP contribution in [0.4, 0.5) is 5.69 Å². The van der Waals surface area contributed by atoms with Gasteiger partial charge in [0.25, 0.3) is 5.91 Å². The van der Waals surface area contributed by atoms with Gasteiger partial charge in [0.2, 0.25) is 0 Å². The lowest BCUT2D eigenvalue weighted by molar-refractivity contribution is 0.102. The molecule has 0 atom stereocenters. The van der Waals surface area contributed by atoms with E-state index in [1.807, 2.05) is 66.9 Å². The van der Waals surface area contributed by atoms with Crippen LogP contribution in [-0.4, -0.2) is 27.9 Å². The van der Waals surface area contributed by atoms with Crippen LogP contribution in [0.2, 0.25) is 0 Å². The number of hydrogen-bond donors (Lipinski definition) is 2. The molecule has 0 unspecified atom stereocenters. The van der Waals surface area contributed by atoms with Crippen molar-refractivity contribution in [2.24, 2.45) is 0 Å². The van der Waals surface area contributed by atoms with Crippen LogP contribution >= 0.6 is 0 Å². The van der Waals surface area contributed by atoms with Gasteiger partial charge in [-0.3, -0.25) is 9.48 Å². The Balaban J connectivity index is 1.68. The molecule has 6 heteroatoms. The number of phenols is 1. The standard InChI is InChI=1S/C24H21N3O3/c1-30-21-12-10-17(11-13-21)15-27-16-22(18-6-5-9-20(28)14-18)23(26-27)24(29)25-19-7-3-2-4-8-19/h2-14,16,28H,15H2,1H3,(H,25,29). The topological polar surface area (TPSA) is 76.4 Å². The molecule has 1 amide bonds. The number of carbonyl (C=O) groups excluding carboxylic acids is 1. The molecule has 6 nitrogen and oxygen atoms in total. The van der Waals surface area contributed by atoms with Crippen LogP contribution in [0.25, 0.3) is 11.1 Å². The first-order chi connectivity index (χ1) is 14.6. The quantitative estimate of drug-likeness (QED) is 0.498. The number of ether oxygens (including phenoxy) is 1. The fourth-order valence-electron chi connectivity index (χ4n) is 3.18. The van der Waals surface area contributed by atoms with Crippen molar-refractivity contribution in [2.45, 2.75) is 6.54 Å². The minimum Gasteiger partial charge on any atom is -0.508 e. The molecule has 3 aromatic carbocycles. The number of phenolic OH excluding ortho intramolecular Hbond substituents is 1. The minimum absolute atomic E-state index is 0.129. The molecule has 0 fully saturated rings. The fraction of sp³-hybridized carbons (Fsp3) is 0.0833. The average Bonchev–Trinajstić information content (AvgIpc) is 3.19. The summed E-state index contributed by atoms with van der Waals surface area (Å²) in [7, 11) is 1.63. The number of hydrogen-bond acceptors (Lipinski definition) is 4. The highest BCUT2D eigenvalue weighted by Gasteiger charge is 2.19. The smallest absolute Gasteiger partial charge is 0.276 e. The van der Waals surface area contributed by atoms with E-state index in [9.17, 15) is 9.90 Å². The summed E-state index contributed by atoms with van der Waals surface area (Å²) in [6.07, 6.45) is 1.82. The van der Waals surface area contributed by atoms with Gasteiger partial charge in [-0.2, -0.15) is 5.10 Å². The Morgan fingerprint density at radius 1 is 1.03 bits per heavy atom. The molecule has 30 heavy (non-hydrogen) atoms. The fourth-order valence-corrected chi connectivity index (χ4v) is 3.18. The Morgan fingerprint density at radius 2 is 1.80 bits per heavy atom. The highest BCUT2D eigenvalue weighted by atomic mass is 16.5. The number of methoxy groups -OCH3 is 1. The van der Waals surface area contributed by atoms with Gasteiger partial charge in [0.1, 0.15) is 11.5 Å². The zero-order chi connectivity index (χ0) is 20.9. The van der Waals surface area contributed by atoms with Crippen LogP contribution in [0.15, 0.2) is 85.1 Å². The Labute approximate surface area is 174 Å². The largest absolute Gasteiger partial charge is 0.508 e. The molecule has 0 aliphatic heterocycles. The maximum Gasteiger partial charge on any atom is 0.276 e. The maximum atomic E-state index is 13.0. The second kappa shape index (κ2) is 8.53. The maximum absolute atomic E-state index is 13.0. The van der Waals surface area contributed by atoms with Crippen LogP contribution in [0.5, 0.6) is 11.5 Å². The summed E-state index contributed by atoms with van der Waals surface area (Å²) < 4.78 is 6.92. The van der Waals surface area contributed by atoms with Crippen LogP contribution in [0.1, 0.15) is 16.1 Å². The van der Waals surface area contributed by atoms with Crippen molar-refractivity contribution in [1.29, 1.82) is 0 Å². The van der Waals surface area contributed by atoms with Crippen LogP contribution in [-0.2, 0) is 6.54 Å². The zero-order valence-electron chi connectivity index (χ0n) is 16.4. The van der Waals surface area contributed by atoms with Gasteiger partial charge in [0.05, 0.1) is 13.7 Å². The molecule has 1 aromatic heterocycles. The number of benzene rings is 3. The van der Waals surface area contributed by atoms with Crippen LogP contribution in [0, 0.1) is 0 Å². The molecule has 4 rings (SSSR count). The van der Waals surface area contributed by atoms with Gasteiger partial charge >= 0.3 is 0 Å². The predicted octanol–water partition coefficient (Wildman–Crippen LogP) is 4.56. The molecule has 150 valence electrons. The number of aromatic hydroxyl groups is 1. The highest BCUT2D eigenvalue weighted by Crippen LogP contribution is 2.27. The van der Waals surface area contributed by atoms with E-state index in [0.717, 1.165) is 11.3 Å². The van der Waals surface area contributed by atoms with Crippen molar-refractivity contribution in [3.8, 4) is 22.6 Å². The number of nitrogens with one attached hydrogen (secondary N) is 1. The third-order valence-electron chi connectivity index (χ3n) is 4.67. The van der Waals surface area contributed by atoms with Gasteiger partial charge in [-0.1, -0.05) is 42.5 Å². The lowest BCUT2D eigenvalue weighted by Crippen LogP contribution is -2.14. The Hall–Kier alpha value is -4.06. The van der Waals surface area contributed by atoms with E-state index in [2.05, 4.69) is 10.4 Å². The van der Waals surface area contributed by atoms with Gasteiger partial charge in [-0.15, -0.1) is 0 Å². The Kier molecular flexibility index (Phi) is 5.48. The summed E-state index contributed by atoms with van der Waals surface area (Å²) >= 11 is 0. The van der Waals surface area contributed by atoms with Gasteiger partial charge < -0.3 is 15.2 Å². The zero-order valence-corrected chi connectivity index (χ0v) is 16.4. The molecule has 0 aliphatic rings. The van der Waals surface area contributed by atoms with Crippen LogP contribution < -0.4 is 10.1 Å². The van der Waals surface area contributed by atoms with Crippen molar-refractivity contribution in [3.63, 3.8) is 0 Å². The molecule has 0 saturated heterocycles. The second-order valence-corrected chi connectivity index (χ2v) is 6.81. The Morgan fingerprint density at radius 3 is 2.50 bits per heavy atom. The number of rotatable bonds is 6. The van der Waals surface area contributed by atoms with E-state index in [4.69, 9.17) is 4.74 Å². The molecule has 0 radical (unpaired) electrons. The number of carbonyl (C=O) groups is 1. The lowest BCUT2D eigenvalue weighted by atomic mass is 10.1. The average molecular weight is 399 g/mol. The summed E-state index contributed by atoms with van der Waals surface area (Å²) in [6.45, 7) is 0.494. The van der Waals surface area contributed by atoms with Crippen molar-refractivity contribution in [3.05, 3.63) is 96.3 Å². The van der Waals surface area contributed by atoms with E-state index < -0.39 is 0 Å². The van der Waals surface area contributed by atoms with Crippen molar-refractivity contribution in [1.82, 2.24) is 9.78 Å². The van der Waals surface area contributed by atoms with E-state index in [0.29, 0.717) is 23.4 Å². The molecule has 0 bridgehead atoms. The van der Waals surface area contributed by atoms with E-state index >= 15 is 0 Å². The summed E-state index contributed by atoms with van der Waals surface area (Å²) in [4.78, 5) is 13.0. The van der Waals surface area contributed by atoms with Crippen molar-refractivity contribution in [2.75, 3.05) is 12.4 Å². The molecule has 0 saturated carbocycles. The number of amides is 1. The number of anilines is 1. The van der Waals surface area contributed by atoms with Crippen molar-refractivity contribution >= 4 is 11.6 Å². The Bertz CT molecular complexity index is 1150. The monoisotopic (exact) mass is 399 g/mol.